The Bertz CT molecular complexity index is 870. The molecule has 0 radical (unpaired) electrons. The maximum atomic E-state index is 12.8. The molecule has 6 nitrogen and oxygen atoms in total. The van der Waals surface area contributed by atoms with E-state index < -0.39 is 17.7 Å². The Hall–Kier alpha value is -2.44. The van der Waals surface area contributed by atoms with Gasteiger partial charge in [-0.25, -0.2) is 9.59 Å². The van der Waals surface area contributed by atoms with E-state index in [2.05, 4.69) is 10.6 Å². The van der Waals surface area contributed by atoms with Crippen LogP contribution in [0.25, 0.3) is 0 Å². The van der Waals surface area contributed by atoms with Crippen molar-refractivity contribution in [1.82, 2.24) is 10.2 Å². The van der Waals surface area contributed by atoms with Gasteiger partial charge in [-0.3, -0.25) is 4.90 Å². The van der Waals surface area contributed by atoms with Crippen molar-refractivity contribution in [2.24, 2.45) is 0 Å². The quantitative estimate of drug-likeness (QED) is 0.768. The summed E-state index contributed by atoms with van der Waals surface area (Å²) < 4.78 is 0. The predicted molar refractivity (Wildman–Crippen MR) is 109 cm³/mol. The molecule has 0 aliphatic carbocycles. The Morgan fingerprint density at radius 1 is 1.07 bits per heavy atom. The van der Waals surface area contributed by atoms with E-state index in [1.807, 2.05) is 13.8 Å². The summed E-state index contributed by atoms with van der Waals surface area (Å²) in [6.45, 7) is 3.78. The van der Waals surface area contributed by atoms with Crippen molar-refractivity contribution in [3.63, 3.8) is 0 Å². The summed E-state index contributed by atoms with van der Waals surface area (Å²) in [5.74, 6) is 0. The summed E-state index contributed by atoms with van der Waals surface area (Å²) >= 11 is 12.0. The predicted octanol–water partition coefficient (Wildman–Crippen LogP) is 4.79. The molecule has 1 aliphatic heterocycles. The van der Waals surface area contributed by atoms with Crippen molar-refractivity contribution >= 4 is 46.6 Å². The van der Waals surface area contributed by atoms with E-state index in [0.29, 0.717) is 21.4 Å². The number of hydrogen-bond acceptors (Lipinski definition) is 2. The van der Waals surface area contributed by atoms with Crippen LogP contribution in [0.15, 0.2) is 48.5 Å². The van der Waals surface area contributed by atoms with Gasteiger partial charge in [0.2, 0.25) is 0 Å². The lowest BCUT2D eigenvalue weighted by atomic mass is 10.0. The van der Waals surface area contributed by atoms with Crippen molar-refractivity contribution in [1.29, 1.82) is 0 Å². The number of urea groups is 2. The highest BCUT2D eigenvalue weighted by Crippen LogP contribution is 2.34. The molecule has 0 spiro atoms. The molecular weight excluding hydrogens is 387 g/mol. The van der Waals surface area contributed by atoms with Gasteiger partial charge in [0.15, 0.2) is 0 Å². The summed E-state index contributed by atoms with van der Waals surface area (Å²) in [5.41, 5.74) is 0.569. The second-order valence-electron chi connectivity index (χ2n) is 6.85. The van der Waals surface area contributed by atoms with Gasteiger partial charge in [0.1, 0.15) is 6.17 Å². The largest absolute Gasteiger partial charge is 0.326 e. The minimum Gasteiger partial charge on any atom is -0.318 e. The third kappa shape index (κ3) is 3.82. The number of carbonyl (C=O) groups is 2. The minimum atomic E-state index is -0.642. The monoisotopic (exact) mass is 406 g/mol. The van der Waals surface area contributed by atoms with Gasteiger partial charge in [-0.15, -0.1) is 0 Å². The molecule has 2 N–H and O–H groups in total. The number of nitrogens with zero attached hydrogens (tertiary/aromatic N) is 2. The van der Waals surface area contributed by atoms with Crippen molar-refractivity contribution in [2.75, 3.05) is 17.3 Å². The van der Waals surface area contributed by atoms with Crippen LogP contribution in [0, 0.1) is 0 Å². The fourth-order valence-electron chi connectivity index (χ4n) is 2.97. The van der Waals surface area contributed by atoms with Gasteiger partial charge in [-0.2, -0.15) is 0 Å². The van der Waals surface area contributed by atoms with E-state index in [9.17, 15) is 9.59 Å². The number of halogens is 2. The van der Waals surface area contributed by atoms with Crippen molar-refractivity contribution < 1.29 is 9.59 Å². The van der Waals surface area contributed by atoms with Crippen molar-refractivity contribution in [3.8, 4) is 0 Å². The lowest BCUT2D eigenvalue weighted by molar-refractivity contribution is 0.180. The zero-order valence-corrected chi connectivity index (χ0v) is 16.7. The number of anilines is 2. The third-order valence-corrected chi connectivity index (χ3v) is 5.23. The number of likely N-dealkylation sites (N-methyl/N-ethyl adjacent to an activating group) is 1. The van der Waals surface area contributed by atoms with Gasteiger partial charge in [-0.1, -0.05) is 29.3 Å². The average molecular weight is 407 g/mol. The van der Waals surface area contributed by atoms with E-state index in [1.54, 1.807) is 60.5 Å². The summed E-state index contributed by atoms with van der Waals surface area (Å²) in [6.07, 6.45) is -0.597. The molecule has 0 bridgehead atoms. The number of benzene rings is 2. The van der Waals surface area contributed by atoms with Crippen molar-refractivity contribution in [3.05, 3.63) is 58.6 Å². The first-order chi connectivity index (χ1) is 12.7. The molecule has 142 valence electrons. The highest BCUT2D eigenvalue weighted by atomic mass is 35.5. The van der Waals surface area contributed by atoms with E-state index in [4.69, 9.17) is 23.2 Å². The number of rotatable bonds is 3. The molecule has 8 heteroatoms. The van der Waals surface area contributed by atoms with Crippen LogP contribution in [-0.2, 0) is 0 Å². The lowest BCUT2D eigenvalue weighted by Gasteiger charge is -2.33. The second-order valence-corrected chi connectivity index (χ2v) is 7.73. The number of nitrogens with one attached hydrogen (secondary N) is 2. The molecular formula is C19H20Cl2N4O2. The van der Waals surface area contributed by atoms with Crippen LogP contribution in [0.3, 0.4) is 0 Å². The summed E-state index contributed by atoms with van der Waals surface area (Å²) in [5, 5.41) is 6.75. The van der Waals surface area contributed by atoms with Crippen molar-refractivity contribution in [2.45, 2.75) is 25.6 Å². The highest BCUT2D eigenvalue weighted by Gasteiger charge is 2.51. The van der Waals surface area contributed by atoms with Crippen LogP contribution >= 0.6 is 23.2 Å². The van der Waals surface area contributed by atoms with Gasteiger partial charge in [0, 0.05) is 28.5 Å². The van der Waals surface area contributed by atoms with Crippen LogP contribution in [0.4, 0.5) is 21.0 Å². The van der Waals surface area contributed by atoms with E-state index in [-0.39, 0.29) is 6.03 Å². The van der Waals surface area contributed by atoms with Crippen LogP contribution in [-0.4, -0.2) is 35.7 Å². The van der Waals surface area contributed by atoms with Crippen LogP contribution < -0.4 is 15.5 Å². The van der Waals surface area contributed by atoms with E-state index >= 15 is 0 Å². The van der Waals surface area contributed by atoms with Gasteiger partial charge in [0.05, 0.1) is 5.54 Å². The maximum absolute atomic E-state index is 12.8. The Balaban J connectivity index is 1.86. The zero-order valence-electron chi connectivity index (χ0n) is 15.2. The standard InChI is InChI=1S/C19H20Cl2N4O2/c1-19(2)16(23-17(26)22-14-9-7-12(20)8-10-14)25(18(27)24(19)3)15-6-4-5-13(21)11-15/h4-11,16H,1-3H3,(H2,22,23,26). The Labute approximate surface area is 168 Å². The normalized spacial score (nSPS) is 18.6. The molecule has 1 unspecified atom stereocenters. The fraction of sp³-hybridized carbons (Fsp3) is 0.263. The number of amides is 4. The molecule has 27 heavy (non-hydrogen) atoms. The Morgan fingerprint density at radius 3 is 2.37 bits per heavy atom. The van der Waals surface area contributed by atoms with Crippen LogP contribution in [0.5, 0.6) is 0 Å². The van der Waals surface area contributed by atoms with Crippen LogP contribution in [0.1, 0.15) is 13.8 Å². The molecule has 1 aliphatic rings. The summed E-state index contributed by atoms with van der Waals surface area (Å²) in [7, 11) is 1.71. The second kappa shape index (κ2) is 7.29. The van der Waals surface area contributed by atoms with E-state index in [1.165, 1.54) is 4.90 Å². The molecule has 4 amide bonds. The minimum absolute atomic E-state index is 0.223. The molecule has 3 rings (SSSR count). The smallest absolute Gasteiger partial charge is 0.318 e. The molecule has 0 aromatic heterocycles. The average Bonchev–Trinajstić information content (AvgIpc) is 2.77. The molecule has 1 saturated heterocycles. The van der Waals surface area contributed by atoms with Gasteiger partial charge >= 0.3 is 12.1 Å². The SMILES string of the molecule is CN1C(=O)N(c2cccc(Cl)c2)C(NC(=O)Nc2ccc(Cl)cc2)C1(C)C. The summed E-state index contributed by atoms with van der Waals surface area (Å²) in [4.78, 5) is 28.5. The highest BCUT2D eigenvalue weighted by molar-refractivity contribution is 6.31. The van der Waals surface area contributed by atoms with E-state index in [0.717, 1.165) is 0 Å². The molecule has 0 saturated carbocycles. The van der Waals surface area contributed by atoms with Gasteiger partial charge in [0.25, 0.3) is 0 Å². The topological polar surface area (TPSA) is 64.7 Å². The molecule has 1 fully saturated rings. The maximum Gasteiger partial charge on any atom is 0.326 e. The Morgan fingerprint density at radius 2 is 1.74 bits per heavy atom. The summed E-state index contributed by atoms with van der Waals surface area (Å²) in [6, 6.07) is 13.1. The zero-order chi connectivity index (χ0) is 19.8. The third-order valence-electron chi connectivity index (χ3n) is 4.74. The molecule has 2 aromatic rings. The lowest BCUT2D eigenvalue weighted by Crippen LogP contribution is -2.56. The van der Waals surface area contributed by atoms with Crippen LogP contribution in [0.2, 0.25) is 10.0 Å². The first-order valence-electron chi connectivity index (χ1n) is 8.36. The molecule has 2 aromatic carbocycles. The number of carbonyl (C=O) groups excluding carboxylic acids is 2. The fourth-order valence-corrected chi connectivity index (χ4v) is 3.28. The first-order valence-corrected chi connectivity index (χ1v) is 9.11. The molecule has 1 heterocycles. The molecule has 1 atom stereocenters. The number of hydrogen-bond donors (Lipinski definition) is 2. The van der Waals surface area contributed by atoms with Gasteiger partial charge < -0.3 is 15.5 Å². The Kier molecular flexibility index (Phi) is 5.22. The first kappa shape index (κ1) is 19.3. The van der Waals surface area contributed by atoms with Gasteiger partial charge in [-0.05, 0) is 56.3 Å².